The van der Waals surface area contributed by atoms with E-state index in [1.165, 1.54) is 0 Å². The van der Waals surface area contributed by atoms with Gasteiger partial charge in [-0.25, -0.2) is 5.43 Å². The summed E-state index contributed by atoms with van der Waals surface area (Å²) >= 11 is 0. The zero-order valence-corrected chi connectivity index (χ0v) is 10.8. The van der Waals surface area contributed by atoms with Crippen molar-refractivity contribution < 1.29 is 14.4 Å². The van der Waals surface area contributed by atoms with Crippen molar-refractivity contribution in [3.8, 4) is 0 Å². The Morgan fingerprint density at radius 3 is 2.56 bits per heavy atom. The van der Waals surface area contributed by atoms with Crippen LogP contribution in [0.25, 0.3) is 0 Å². The fourth-order valence-electron chi connectivity index (χ4n) is 1.46. The first kappa shape index (κ1) is 14.1. The molecule has 7 heteroatoms. The molecule has 0 unspecified atom stereocenters. The van der Waals surface area contributed by atoms with Gasteiger partial charge in [0.15, 0.2) is 0 Å². The maximum atomic E-state index is 11.7. The highest BCUT2D eigenvalue weighted by Crippen LogP contribution is 2.13. The van der Waals surface area contributed by atoms with Crippen LogP contribution in [0.15, 0.2) is 5.10 Å². The molecule has 100 valence electrons. The number of hydrogen-bond donors (Lipinski definition) is 3. The number of nitrogens with zero attached hydrogens (tertiary/aromatic N) is 1. The van der Waals surface area contributed by atoms with Gasteiger partial charge in [-0.3, -0.25) is 14.4 Å². The van der Waals surface area contributed by atoms with Crippen molar-refractivity contribution in [1.82, 2.24) is 16.1 Å². The summed E-state index contributed by atoms with van der Waals surface area (Å²) in [6.45, 7) is 3.67. The summed E-state index contributed by atoms with van der Waals surface area (Å²) in [5, 5.41) is 8.86. The molecule has 0 saturated heterocycles. The van der Waals surface area contributed by atoms with E-state index in [2.05, 4.69) is 21.2 Å². The molecule has 3 N–H and O–H groups in total. The maximum absolute atomic E-state index is 11.7. The van der Waals surface area contributed by atoms with E-state index in [1.54, 1.807) is 20.9 Å². The fraction of sp³-hybridized carbons (Fsp3) is 0.636. The van der Waals surface area contributed by atoms with Crippen molar-refractivity contribution in [3.05, 3.63) is 0 Å². The fourth-order valence-corrected chi connectivity index (χ4v) is 1.46. The van der Waals surface area contributed by atoms with E-state index in [1.807, 2.05) is 0 Å². The molecule has 1 aliphatic rings. The van der Waals surface area contributed by atoms with Crippen LogP contribution in [-0.2, 0) is 14.4 Å². The normalized spacial score (nSPS) is 15.5. The molecule has 3 amide bonds. The summed E-state index contributed by atoms with van der Waals surface area (Å²) in [7, 11) is 1.55. The zero-order valence-electron chi connectivity index (χ0n) is 10.8. The summed E-state index contributed by atoms with van der Waals surface area (Å²) in [4.78, 5) is 34.1. The van der Waals surface area contributed by atoms with Crippen LogP contribution in [0.5, 0.6) is 0 Å². The van der Waals surface area contributed by atoms with Crippen molar-refractivity contribution in [2.24, 2.45) is 10.5 Å². The highest BCUT2D eigenvalue weighted by molar-refractivity contribution is 6.39. The van der Waals surface area contributed by atoms with Crippen molar-refractivity contribution in [1.29, 1.82) is 0 Å². The Morgan fingerprint density at radius 2 is 2.06 bits per heavy atom. The molecule has 0 spiro atoms. The van der Waals surface area contributed by atoms with Crippen molar-refractivity contribution in [3.63, 3.8) is 0 Å². The van der Waals surface area contributed by atoms with E-state index in [9.17, 15) is 14.4 Å². The Kier molecular flexibility index (Phi) is 4.41. The molecule has 1 aliphatic heterocycles. The Bertz CT molecular complexity index is 401. The SMILES string of the molecule is CNC(=O)C(C)(C)CNC(=O)C1=NNC(=O)CC1. The van der Waals surface area contributed by atoms with Crippen LogP contribution in [0.1, 0.15) is 26.7 Å². The molecule has 0 aromatic rings. The van der Waals surface area contributed by atoms with Crippen LogP contribution in [0.2, 0.25) is 0 Å². The lowest BCUT2D eigenvalue weighted by Crippen LogP contribution is -2.46. The van der Waals surface area contributed by atoms with Crippen molar-refractivity contribution in [2.45, 2.75) is 26.7 Å². The molecule has 0 fully saturated rings. The first-order valence-electron chi connectivity index (χ1n) is 5.72. The van der Waals surface area contributed by atoms with Gasteiger partial charge in [0.25, 0.3) is 5.91 Å². The van der Waals surface area contributed by atoms with Gasteiger partial charge in [-0.05, 0) is 13.8 Å². The van der Waals surface area contributed by atoms with Crippen LogP contribution in [0.4, 0.5) is 0 Å². The zero-order chi connectivity index (χ0) is 13.8. The second kappa shape index (κ2) is 5.61. The number of nitrogens with one attached hydrogen (secondary N) is 3. The Hall–Kier alpha value is -1.92. The van der Waals surface area contributed by atoms with Gasteiger partial charge in [0.2, 0.25) is 11.8 Å². The second-order valence-electron chi connectivity index (χ2n) is 4.74. The Morgan fingerprint density at radius 1 is 1.39 bits per heavy atom. The first-order valence-corrected chi connectivity index (χ1v) is 5.72. The smallest absolute Gasteiger partial charge is 0.267 e. The largest absolute Gasteiger partial charge is 0.359 e. The molecule has 1 rings (SSSR count). The molecule has 1 heterocycles. The molecule has 0 aromatic carbocycles. The number of carbonyl (C=O) groups excluding carboxylic acids is 3. The summed E-state index contributed by atoms with van der Waals surface area (Å²) in [5.41, 5.74) is 1.84. The van der Waals surface area contributed by atoms with Gasteiger partial charge in [0, 0.05) is 26.4 Å². The summed E-state index contributed by atoms with van der Waals surface area (Å²) in [5.74, 6) is -0.703. The maximum Gasteiger partial charge on any atom is 0.267 e. The minimum Gasteiger partial charge on any atom is -0.359 e. The van der Waals surface area contributed by atoms with Gasteiger partial charge in [-0.15, -0.1) is 0 Å². The van der Waals surface area contributed by atoms with Gasteiger partial charge in [0.1, 0.15) is 5.71 Å². The Balaban J connectivity index is 2.51. The van der Waals surface area contributed by atoms with E-state index >= 15 is 0 Å². The highest BCUT2D eigenvalue weighted by atomic mass is 16.2. The second-order valence-corrected chi connectivity index (χ2v) is 4.74. The molecule has 0 aromatic heterocycles. The third kappa shape index (κ3) is 3.54. The van der Waals surface area contributed by atoms with Gasteiger partial charge in [0.05, 0.1) is 5.41 Å². The Labute approximate surface area is 105 Å². The number of hydrogen-bond acceptors (Lipinski definition) is 4. The summed E-state index contributed by atoms with van der Waals surface area (Å²) < 4.78 is 0. The average Bonchev–Trinajstić information content (AvgIpc) is 2.35. The van der Waals surface area contributed by atoms with Crippen LogP contribution in [0, 0.1) is 5.41 Å². The molecule has 7 nitrogen and oxygen atoms in total. The topological polar surface area (TPSA) is 99.7 Å². The van der Waals surface area contributed by atoms with Gasteiger partial charge in [-0.2, -0.15) is 5.10 Å². The van der Waals surface area contributed by atoms with Gasteiger partial charge in [-0.1, -0.05) is 0 Å². The van der Waals surface area contributed by atoms with E-state index < -0.39 is 5.41 Å². The summed E-state index contributed by atoms with van der Waals surface area (Å²) in [6.07, 6.45) is 0.573. The molecule has 0 bridgehead atoms. The third-order valence-electron chi connectivity index (χ3n) is 2.70. The van der Waals surface area contributed by atoms with Crippen LogP contribution in [-0.4, -0.2) is 37.0 Å². The van der Waals surface area contributed by atoms with E-state index in [0.717, 1.165) is 0 Å². The van der Waals surface area contributed by atoms with Crippen molar-refractivity contribution >= 4 is 23.4 Å². The average molecular weight is 254 g/mol. The number of amides is 3. The minimum atomic E-state index is -0.692. The van der Waals surface area contributed by atoms with E-state index in [0.29, 0.717) is 6.42 Å². The summed E-state index contributed by atoms with van der Waals surface area (Å²) in [6, 6.07) is 0. The van der Waals surface area contributed by atoms with Gasteiger partial charge < -0.3 is 10.6 Å². The van der Waals surface area contributed by atoms with Crippen LogP contribution < -0.4 is 16.1 Å². The first-order chi connectivity index (χ1) is 8.36. The number of carbonyl (C=O) groups is 3. The van der Waals surface area contributed by atoms with Crippen LogP contribution >= 0.6 is 0 Å². The van der Waals surface area contributed by atoms with Crippen LogP contribution in [0.3, 0.4) is 0 Å². The number of rotatable bonds is 4. The van der Waals surface area contributed by atoms with E-state index in [4.69, 9.17) is 0 Å². The number of hydrazone groups is 1. The highest BCUT2D eigenvalue weighted by Gasteiger charge is 2.28. The van der Waals surface area contributed by atoms with Gasteiger partial charge >= 0.3 is 0 Å². The molecular weight excluding hydrogens is 236 g/mol. The molecule has 0 radical (unpaired) electrons. The lowest BCUT2D eigenvalue weighted by Gasteiger charge is -2.23. The quantitative estimate of drug-likeness (QED) is 0.608. The lowest BCUT2D eigenvalue weighted by atomic mass is 9.92. The predicted molar refractivity (Wildman–Crippen MR) is 65.7 cm³/mol. The standard InChI is InChI=1S/C11H18N4O3/c1-11(2,10(18)12-3)6-13-9(17)7-4-5-8(16)15-14-7/h4-6H2,1-3H3,(H,12,18)(H,13,17)(H,15,16). The molecule has 0 atom stereocenters. The monoisotopic (exact) mass is 254 g/mol. The third-order valence-corrected chi connectivity index (χ3v) is 2.70. The van der Waals surface area contributed by atoms with Crippen molar-refractivity contribution in [2.75, 3.05) is 13.6 Å². The molecule has 18 heavy (non-hydrogen) atoms. The molecule has 0 aliphatic carbocycles. The minimum absolute atomic E-state index is 0.151. The lowest BCUT2D eigenvalue weighted by molar-refractivity contribution is -0.129. The predicted octanol–water partition coefficient (Wildman–Crippen LogP) is -0.859. The molecule has 0 saturated carbocycles. The van der Waals surface area contributed by atoms with E-state index in [-0.39, 0.29) is 36.4 Å². The molecular formula is C11H18N4O3.